The highest BCUT2D eigenvalue weighted by Gasteiger charge is 2.51. The van der Waals surface area contributed by atoms with E-state index in [9.17, 15) is 45.3 Å². The van der Waals surface area contributed by atoms with Gasteiger partial charge in [0, 0.05) is 11.5 Å². The molecule has 0 amide bonds. The zero-order valence-electron chi connectivity index (χ0n) is 20.5. The Labute approximate surface area is 216 Å². The van der Waals surface area contributed by atoms with Gasteiger partial charge < -0.3 is 64.2 Å². The van der Waals surface area contributed by atoms with Gasteiger partial charge in [0.15, 0.2) is 12.6 Å². The minimum Gasteiger partial charge on any atom is -0.478 e. The third kappa shape index (κ3) is 5.31. The number of aliphatic hydroxyl groups excluding tert-OH is 6. The summed E-state index contributed by atoms with van der Waals surface area (Å²) >= 11 is 0. The van der Waals surface area contributed by atoms with Crippen molar-refractivity contribution >= 4 is 11.9 Å². The summed E-state index contributed by atoms with van der Waals surface area (Å²) < 4.78 is 32.4. The van der Waals surface area contributed by atoms with E-state index < -0.39 is 98.1 Å². The second-order valence-electron chi connectivity index (χ2n) is 9.57. The van der Waals surface area contributed by atoms with Crippen LogP contribution in [0.2, 0.25) is 0 Å². The second kappa shape index (κ2) is 11.5. The van der Waals surface area contributed by atoms with Crippen molar-refractivity contribution < 1.29 is 73.8 Å². The topological polar surface area (TPSA) is 231 Å². The average Bonchev–Trinajstić information content (AvgIpc) is 3.35. The van der Waals surface area contributed by atoms with Gasteiger partial charge in [-0.15, -0.1) is 0 Å². The van der Waals surface area contributed by atoms with Crippen LogP contribution in [-0.4, -0.2) is 129 Å². The van der Waals surface area contributed by atoms with Crippen LogP contribution in [0.25, 0.3) is 0 Å². The van der Waals surface area contributed by atoms with Crippen molar-refractivity contribution in [3.63, 3.8) is 0 Å². The Hall–Kier alpha value is -2.18. The summed E-state index contributed by atoms with van der Waals surface area (Å²) in [4.78, 5) is 24.0. The molecule has 3 heterocycles. The zero-order chi connectivity index (χ0) is 27.9. The monoisotopic (exact) mass is 548 g/mol. The van der Waals surface area contributed by atoms with E-state index in [1.165, 1.54) is 20.1 Å². The molecular formula is C23H32O15. The predicted octanol–water partition coefficient (Wildman–Crippen LogP) is -3.28. The molecule has 15 nitrogen and oxygen atoms in total. The molecule has 4 aliphatic rings. The summed E-state index contributed by atoms with van der Waals surface area (Å²) in [6.45, 7) is 0.943. The molecule has 2 saturated heterocycles. The third-order valence-electron chi connectivity index (χ3n) is 7.24. The third-order valence-corrected chi connectivity index (χ3v) is 7.24. The number of carboxylic acid groups (broad SMARTS) is 1. The summed E-state index contributed by atoms with van der Waals surface area (Å²) in [7, 11) is 1.17. The van der Waals surface area contributed by atoms with Gasteiger partial charge in [0.1, 0.15) is 42.7 Å². The Morgan fingerprint density at radius 3 is 2.21 bits per heavy atom. The van der Waals surface area contributed by atoms with E-state index >= 15 is 0 Å². The first-order chi connectivity index (χ1) is 18.0. The SMILES string of the molecule is COC(=O)C1=CO[C@@H](O[C@@H]2O[C@H](CO[C@@H]3O[C@@H](C)[C@H](O)[C@@H](O)[C@H]3O)[C@@H](O)[C@H](O)[C@H]2O)[C@@H]2C(C(=O)O)=CC[C@H]12. The number of hydrogen-bond acceptors (Lipinski definition) is 14. The maximum Gasteiger partial charge on any atom is 0.337 e. The molecule has 0 aromatic rings. The Morgan fingerprint density at radius 1 is 0.895 bits per heavy atom. The fourth-order valence-electron chi connectivity index (χ4n) is 5.03. The molecule has 2 fully saturated rings. The average molecular weight is 548 g/mol. The van der Waals surface area contributed by atoms with Crippen LogP contribution in [0.5, 0.6) is 0 Å². The number of hydrogen-bond donors (Lipinski definition) is 7. The first-order valence-electron chi connectivity index (χ1n) is 12.0. The van der Waals surface area contributed by atoms with Crippen LogP contribution in [0.1, 0.15) is 13.3 Å². The van der Waals surface area contributed by atoms with E-state index in [0.29, 0.717) is 0 Å². The minimum atomic E-state index is -1.79. The molecule has 0 aromatic heterocycles. The number of carbonyl (C=O) groups excluding carboxylic acids is 1. The largest absolute Gasteiger partial charge is 0.478 e. The molecule has 214 valence electrons. The van der Waals surface area contributed by atoms with Crippen LogP contribution < -0.4 is 0 Å². The quantitative estimate of drug-likeness (QED) is 0.155. The first-order valence-corrected chi connectivity index (χ1v) is 12.0. The van der Waals surface area contributed by atoms with E-state index in [1.54, 1.807) is 0 Å². The summed E-state index contributed by atoms with van der Waals surface area (Å²) in [5.74, 6) is -3.61. The van der Waals surface area contributed by atoms with Crippen LogP contribution in [0.15, 0.2) is 23.5 Å². The van der Waals surface area contributed by atoms with Gasteiger partial charge in [0.25, 0.3) is 0 Å². The van der Waals surface area contributed by atoms with Crippen molar-refractivity contribution in [1.82, 2.24) is 0 Å². The molecule has 15 heteroatoms. The number of fused-ring (bicyclic) bond motifs is 1. The fraction of sp³-hybridized carbons (Fsp3) is 0.739. The lowest BCUT2D eigenvalue weighted by Gasteiger charge is -2.44. The number of carboxylic acids is 1. The zero-order valence-corrected chi connectivity index (χ0v) is 20.5. The second-order valence-corrected chi connectivity index (χ2v) is 9.57. The minimum absolute atomic E-state index is 0.0847. The Balaban J connectivity index is 1.47. The molecule has 0 bridgehead atoms. The van der Waals surface area contributed by atoms with Crippen molar-refractivity contribution in [1.29, 1.82) is 0 Å². The summed E-state index contributed by atoms with van der Waals surface area (Å²) in [6.07, 6.45) is -13.7. The molecule has 3 aliphatic heterocycles. The van der Waals surface area contributed by atoms with Gasteiger partial charge in [-0.1, -0.05) is 6.08 Å². The molecule has 13 atom stereocenters. The molecule has 0 saturated carbocycles. The first kappa shape index (κ1) is 28.8. The normalized spacial score (nSPS) is 44.9. The fourth-order valence-corrected chi connectivity index (χ4v) is 5.03. The maximum absolute atomic E-state index is 12.2. The van der Waals surface area contributed by atoms with Crippen molar-refractivity contribution in [2.75, 3.05) is 13.7 Å². The van der Waals surface area contributed by atoms with Crippen LogP contribution in [0.4, 0.5) is 0 Å². The Morgan fingerprint density at radius 2 is 1.55 bits per heavy atom. The van der Waals surface area contributed by atoms with Crippen LogP contribution in [0.3, 0.4) is 0 Å². The van der Waals surface area contributed by atoms with Crippen molar-refractivity contribution in [2.24, 2.45) is 11.8 Å². The maximum atomic E-state index is 12.2. The van der Waals surface area contributed by atoms with E-state index in [-0.39, 0.29) is 17.6 Å². The van der Waals surface area contributed by atoms with Crippen molar-refractivity contribution in [3.05, 3.63) is 23.5 Å². The number of aliphatic hydroxyl groups is 6. The Kier molecular flexibility index (Phi) is 8.73. The number of allylic oxidation sites excluding steroid dienone is 1. The summed E-state index contributed by atoms with van der Waals surface area (Å²) in [5.41, 5.74) is 0.0165. The number of esters is 1. The molecule has 1 aliphatic carbocycles. The molecular weight excluding hydrogens is 516 g/mol. The molecule has 38 heavy (non-hydrogen) atoms. The van der Waals surface area contributed by atoms with Crippen molar-refractivity contribution in [2.45, 2.75) is 81.0 Å². The highest BCUT2D eigenvalue weighted by Crippen LogP contribution is 2.44. The lowest BCUT2D eigenvalue weighted by molar-refractivity contribution is -0.351. The van der Waals surface area contributed by atoms with Gasteiger partial charge in [-0.2, -0.15) is 0 Å². The van der Waals surface area contributed by atoms with E-state index in [4.69, 9.17) is 28.4 Å². The van der Waals surface area contributed by atoms with E-state index in [1.807, 2.05) is 0 Å². The van der Waals surface area contributed by atoms with E-state index in [2.05, 4.69) is 0 Å². The predicted molar refractivity (Wildman–Crippen MR) is 118 cm³/mol. The number of carbonyl (C=O) groups is 2. The smallest absolute Gasteiger partial charge is 0.337 e. The van der Waals surface area contributed by atoms with Gasteiger partial charge in [-0.25, -0.2) is 9.59 Å². The molecule has 4 rings (SSSR count). The summed E-state index contributed by atoms with van der Waals surface area (Å²) in [6, 6.07) is 0. The lowest BCUT2D eigenvalue weighted by atomic mass is 9.83. The number of aliphatic carboxylic acids is 1. The number of rotatable bonds is 7. The molecule has 7 N–H and O–H groups in total. The van der Waals surface area contributed by atoms with Crippen LogP contribution >= 0.6 is 0 Å². The van der Waals surface area contributed by atoms with Gasteiger partial charge >= 0.3 is 11.9 Å². The van der Waals surface area contributed by atoms with Gasteiger partial charge in [0.05, 0.1) is 37.6 Å². The van der Waals surface area contributed by atoms with Crippen LogP contribution in [-0.2, 0) is 38.0 Å². The molecule has 0 radical (unpaired) electrons. The van der Waals surface area contributed by atoms with Crippen molar-refractivity contribution in [3.8, 4) is 0 Å². The van der Waals surface area contributed by atoms with Gasteiger partial charge in [-0.05, 0) is 13.3 Å². The highest BCUT2D eigenvalue weighted by molar-refractivity contribution is 5.92. The lowest BCUT2D eigenvalue weighted by Crippen LogP contribution is -2.61. The standard InChI is InChI=1S/C23H32O15/c1-7-13(24)15(26)17(28)22(36-7)35-6-11-14(25)16(27)18(29)23(37-11)38-21-12-8(3-4-9(12)19(30)31)10(5-34-21)20(32)33-2/h4-5,7-8,11-18,21-29H,3,6H2,1-2H3,(H,30,31)/t7-,8+,11+,12-,13-,14+,15+,16-,17+,18+,21-,22+,23-/m0/s1. The molecule has 0 aromatic carbocycles. The number of ether oxygens (including phenoxy) is 6. The number of methoxy groups -OCH3 is 1. The van der Waals surface area contributed by atoms with E-state index in [0.717, 1.165) is 6.26 Å². The van der Waals surface area contributed by atoms with Crippen LogP contribution in [0, 0.1) is 11.8 Å². The highest BCUT2D eigenvalue weighted by atomic mass is 16.8. The molecule has 0 unspecified atom stereocenters. The van der Waals surface area contributed by atoms with Gasteiger partial charge in [-0.3, -0.25) is 0 Å². The summed E-state index contributed by atoms with van der Waals surface area (Å²) in [5, 5.41) is 70.9. The Bertz CT molecular complexity index is 951. The van der Waals surface area contributed by atoms with Gasteiger partial charge in [0.2, 0.25) is 6.29 Å². The molecule has 0 spiro atoms.